The molecule has 0 saturated carbocycles. The molecule has 1 aromatic rings. The number of fused-ring (bicyclic) bond motifs is 1. The van der Waals surface area contributed by atoms with Crippen LogP contribution in [-0.2, 0) is 0 Å². The number of isothiocyanates is 1. The maximum absolute atomic E-state index is 4.55. The molecule has 0 amide bonds. The van der Waals surface area contributed by atoms with Gasteiger partial charge in [0.2, 0.25) is 0 Å². The summed E-state index contributed by atoms with van der Waals surface area (Å²) in [6, 6.07) is 8.12. The minimum atomic E-state index is -0.0105. The second kappa shape index (κ2) is 3.37. The van der Waals surface area contributed by atoms with Gasteiger partial charge in [0.05, 0.1) is 5.16 Å². The normalized spacial score (nSPS) is 19.8. The van der Waals surface area contributed by atoms with Crippen LogP contribution >= 0.6 is 24.2 Å². The molecule has 4 heteroatoms. The number of thiocarbonyl (C=S) groups is 1. The number of rotatable bonds is 1. The van der Waals surface area contributed by atoms with E-state index >= 15 is 0 Å². The predicted octanol–water partition coefficient (Wildman–Crippen LogP) is 2.40. The molecule has 0 aromatic heterocycles. The Morgan fingerprint density at radius 2 is 2.33 bits per heavy atom. The molecule has 1 N–H and O–H groups in total. The molecule has 0 fully saturated rings. The molecule has 1 aliphatic rings. The Balaban J connectivity index is 2.42. The topological polar surface area (TPSA) is 24.4 Å². The van der Waals surface area contributed by atoms with Crippen molar-refractivity contribution in [3.05, 3.63) is 29.8 Å². The lowest BCUT2D eigenvalue weighted by atomic mass is 10.2. The van der Waals surface area contributed by atoms with Crippen LogP contribution in [0.15, 0.2) is 34.2 Å². The van der Waals surface area contributed by atoms with Crippen LogP contribution in [0.2, 0.25) is 0 Å². The van der Waals surface area contributed by atoms with Gasteiger partial charge in [-0.2, -0.15) is 0 Å². The summed E-state index contributed by atoms with van der Waals surface area (Å²) in [4.78, 5) is 5.22. The zero-order chi connectivity index (χ0) is 8.39. The van der Waals surface area contributed by atoms with Crippen LogP contribution in [0.25, 0.3) is 0 Å². The summed E-state index contributed by atoms with van der Waals surface area (Å²) in [5.74, 6) is 0. The van der Waals surface area contributed by atoms with Gasteiger partial charge in [-0.3, -0.25) is 0 Å². The third kappa shape index (κ3) is 1.30. The van der Waals surface area contributed by atoms with E-state index in [2.05, 4.69) is 33.2 Å². The molecule has 2 rings (SSSR count). The Hall–Kier alpha value is -0.670. The van der Waals surface area contributed by atoms with Gasteiger partial charge in [-0.1, -0.05) is 18.2 Å². The van der Waals surface area contributed by atoms with Crippen LogP contribution in [0.1, 0.15) is 11.7 Å². The van der Waals surface area contributed by atoms with E-state index in [1.165, 1.54) is 10.5 Å². The van der Waals surface area contributed by atoms with Crippen molar-refractivity contribution < 1.29 is 0 Å². The molecule has 1 aliphatic heterocycles. The monoisotopic (exact) mass is 194 g/mol. The molecule has 2 nitrogen and oxygen atoms in total. The van der Waals surface area contributed by atoms with E-state index in [1.54, 1.807) is 11.9 Å². The largest absolute Gasteiger partial charge is 0.232 e. The van der Waals surface area contributed by atoms with Crippen LogP contribution < -0.4 is 4.72 Å². The molecular weight excluding hydrogens is 188 g/mol. The summed E-state index contributed by atoms with van der Waals surface area (Å²) in [6.45, 7) is 0. The first kappa shape index (κ1) is 7.95. The predicted molar refractivity (Wildman–Crippen MR) is 53.2 cm³/mol. The van der Waals surface area contributed by atoms with Crippen molar-refractivity contribution in [1.29, 1.82) is 0 Å². The van der Waals surface area contributed by atoms with E-state index < -0.39 is 0 Å². The summed E-state index contributed by atoms with van der Waals surface area (Å²) < 4.78 is 3.14. The molecule has 12 heavy (non-hydrogen) atoms. The molecule has 0 radical (unpaired) electrons. The van der Waals surface area contributed by atoms with Gasteiger partial charge in [-0.25, -0.2) is 9.71 Å². The van der Waals surface area contributed by atoms with Crippen molar-refractivity contribution >= 4 is 29.3 Å². The Morgan fingerprint density at radius 3 is 3.17 bits per heavy atom. The van der Waals surface area contributed by atoms with E-state index in [1.807, 2.05) is 18.2 Å². The highest BCUT2D eigenvalue weighted by Gasteiger charge is 2.20. The highest BCUT2D eigenvalue weighted by atomic mass is 32.2. The molecule has 0 saturated heterocycles. The van der Waals surface area contributed by atoms with Crippen LogP contribution in [0.3, 0.4) is 0 Å². The fraction of sp³-hybridized carbons (Fsp3) is 0.125. The highest BCUT2D eigenvalue weighted by Crippen LogP contribution is 2.34. The van der Waals surface area contributed by atoms with E-state index in [0.29, 0.717) is 0 Å². The van der Waals surface area contributed by atoms with Gasteiger partial charge < -0.3 is 0 Å². The second-order valence-corrected chi connectivity index (χ2v) is 3.44. The summed E-state index contributed by atoms with van der Waals surface area (Å²) in [7, 11) is 0. The van der Waals surface area contributed by atoms with E-state index in [0.717, 1.165) is 0 Å². The lowest BCUT2D eigenvalue weighted by Crippen LogP contribution is -2.03. The third-order valence-corrected chi connectivity index (χ3v) is 2.71. The summed E-state index contributed by atoms with van der Waals surface area (Å²) in [5.41, 5.74) is 1.18. The minimum Gasteiger partial charge on any atom is -0.232 e. The third-order valence-electron chi connectivity index (χ3n) is 1.68. The summed E-state index contributed by atoms with van der Waals surface area (Å²) in [5, 5.41) is 2.38. The molecule has 1 heterocycles. The number of nitrogens with zero attached hydrogens (tertiary/aromatic N) is 1. The van der Waals surface area contributed by atoms with Crippen molar-refractivity contribution in [2.45, 2.75) is 11.1 Å². The lowest BCUT2D eigenvalue weighted by molar-refractivity contribution is 0.734. The minimum absolute atomic E-state index is 0.0105. The van der Waals surface area contributed by atoms with Crippen LogP contribution in [-0.4, -0.2) is 5.16 Å². The molecule has 1 unspecified atom stereocenters. The molecule has 0 bridgehead atoms. The van der Waals surface area contributed by atoms with Gasteiger partial charge in [0.25, 0.3) is 0 Å². The number of benzene rings is 1. The van der Waals surface area contributed by atoms with Crippen LogP contribution in [0.4, 0.5) is 0 Å². The fourth-order valence-electron chi connectivity index (χ4n) is 1.13. The van der Waals surface area contributed by atoms with Crippen molar-refractivity contribution in [2.75, 3.05) is 0 Å². The zero-order valence-corrected chi connectivity index (χ0v) is 7.78. The van der Waals surface area contributed by atoms with Crippen LogP contribution in [0.5, 0.6) is 0 Å². The first-order valence-corrected chi connectivity index (χ1v) is 4.72. The van der Waals surface area contributed by atoms with Crippen molar-refractivity contribution in [2.24, 2.45) is 4.99 Å². The average Bonchev–Trinajstić information content (AvgIpc) is 2.50. The van der Waals surface area contributed by atoms with E-state index in [9.17, 15) is 0 Å². The van der Waals surface area contributed by atoms with Crippen molar-refractivity contribution in [3.8, 4) is 0 Å². The fourth-order valence-corrected chi connectivity index (χ4v) is 2.10. The van der Waals surface area contributed by atoms with Crippen LogP contribution in [0, 0.1) is 0 Å². The molecule has 60 valence electrons. The van der Waals surface area contributed by atoms with Crippen molar-refractivity contribution in [3.63, 3.8) is 0 Å². The standard InChI is InChI=1S/C8H6N2S2/c11-5-9-8-6-3-1-2-4-7(6)12-10-8/h1-4,8,10H. The Labute approximate surface area is 80.2 Å². The molecule has 1 aromatic carbocycles. The van der Waals surface area contributed by atoms with E-state index in [4.69, 9.17) is 0 Å². The van der Waals surface area contributed by atoms with Gasteiger partial charge in [0, 0.05) is 10.5 Å². The highest BCUT2D eigenvalue weighted by molar-refractivity contribution is 7.97. The smallest absolute Gasteiger partial charge is 0.146 e. The first-order chi connectivity index (χ1) is 5.92. The Bertz CT molecular complexity index is 345. The maximum atomic E-state index is 4.55. The Kier molecular flexibility index (Phi) is 2.23. The van der Waals surface area contributed by atoms with Gasteiger partial charge in [0.1, 0.15) is 6.17 Å². The van der Waals surface area contributed by atoms with Gasteiger partial charge >= 0.3 is 0 Å². The van der Waals surface area contributed by atoms with Crippen molar-refractivity contribution in [1.82, 2.24) is 4.72 Å². The Morgan fingerprint density at radius 1 is 1.50 bits per heavy atom. The van der Waals surface area contributed by atoms with Gasteiger partial charge in [-0.15, -0.1) is 0 Å². The number of nitrogens with one attached hydrogen (secondary N) is 1. The maximum Gasteiger partial charge on any atom is 0.146 e. The SMILES string of the molecule is S=C=NC1NSc2ccccc21. The number of hydrogen-bond donors (Lipinski definition) is 1. The quantitative estimate of drug-likeness (QED) is 0.422. The summed E-state index contributed by atoms with van der Waals surface area (Å²) >= 11 is 6.14. The average molecular weight is 194 g/mol. The molecule has 0 spiro atoms. The first-order valence-electron chi connectivity index (χ1n) is 3.50. The second-order valence-electron chi connectivity index (χ2n) is 2.38. The van der Waals surface area contributed by atoms with E-state index in [-0.39, 0.29) is 6.17 Å². The zero-order valence-electron chi connectivity index (χ0n) is 6.15. The summed E-state index contributed by atoms with van der Waals surface area (Å²) in [6.07, 6.45) is -0.0105. The molecular formula is C8H6N2S2. The molecule has 1 atom stereocenters. The number of aliphatic imine (C=N–C) groups is 1. The molecule has 0 aliphatic carbocycles. The van der Waals surface area contributed by atoms with Gasteiger partial charge in [-0.05, 0) is 30.2 Å². The number of hydrogen-bond acceptors (Lipinski definition) is 4. The van der Waals surface area contributed by atoms with Gasteiger partial charge in [0.15, 0.2) is 0 Å². The lowest BCUT2D eigenvalue weighted by Gasteiger charge is -2.00.